The first-order valence-corrected chi connectivity index (χ1v) is 8.22. The molecule has 2 N–H and O–H groups in total. The van der Waals surface area contributed by atoms with E-state index >= 15 is 0 Å². The van der Waals surface area contributed by atoms with E-state index in [1.165, 1.54) is 12.1 Å². The van der Waals surface area contributed by atoms with E-state index in [0.29, 0.717) is 18.3 Å². The summed E-state index contributed by atoms with van der Waals surface area (Å²) in [4.78, 5) is 22.7. The molecule has 0 saturated carbocycles. The summed E-state index contributed by atoms with van der Waals surface area (Å²) in [7, 11) is 0. The van der Waals surface area contributed by atoms with Crippen LogP contribution in [0.3, 0.4) is 0 Å². The quantitative estimate of drug-likeness (QED) is 0.606. The van der Waals surface area contributed by atoms with Gasteiger partial charge in [-0.2, -0.15) is 0 Å². The number of nitrogens with zero attached hydrogens (tertiary/aromatic N) is 1. The van der Waals surface area contributed by atoms with Gasteiger partial charge in [0.2, 0.25) is 5.91 Å². The Balaban J connectivity index is 0.00000288. The van der Waals surface area contributed by atoms with E-state index in [4.69, 9.17) is 0 Å². The number of benzene rings is 1. The van der Waals surface area contributed by atoms with Gasteiger partial charge in [0.25, 0.3) is 5.69 Å². The van der Waals surface area contributed by atoms with Crippen LogP contribution < -0.4 is 10.6 Å². The van der Waals surface area contributed by atoms with Crippen molar-refractivity contribution >= 4 is 24.0 Å². The number of carbonyl (C=O) groups excluding carboxylic acids is 1. The molecule has 1 saturated heterocycles. The predicted molar refractivity (Wildman–Crippen MR) is 96.3 cm³/mol. The highest BCUT2D eigenvalue weighted by molar-refractivity contribution is 5.85. The summed E-state index contributed by atoms with van der Waals surface area (Å²) >= 11 is 0. The highest BCUT2D eigenvalue weighted by atomic mass is 35.5. The fraction of sp³-hybridized carbons (Fsp3) is 0.588. The van der Waals surface area contributed by atoms with Crippen molar-refractivity contribution in [2.24, 2.45) is 11.8 Å². The third kappa shape index (κ3) is 5.76. The molecule has 0 aliphatic carbocycles. The van der Waals surface area contributed by atoms with Crippen LogP contribution in [0.1, 0.15) is 44.7 Å². The van der Waals surface area contributed by atoms with Gasteiger partial charge in [0.1, 0.15) is 0 Å². The minimum atomic E-state index is -0.419. The molecule has 24 heavy (non-hydrogen) atoms. The minimum absolute atomic E-state index is 0. The van der Waals surface area contributed by atoms with Gasteiger partial charge >= 0.3 is 0 Å². The van der Waals surface area contributed by atoms with Crippen molar-refractivity contribution in [2.75, 3.05) is 13.1 Å². The zero-order valence-corrected chi connectivity index (χ0v) is 15.0. The van der Waals surface area contributed by atoms with Crippen molar-refractivity contribution in [1.82, 2.24) is 10.6 Å². The number of hydrogen-bond donors (Lipinski definition) is 2. The van der Waals surface area contributed by atoms with Gasteiger partial charge < -0.3 is 10.6 Å². The van der Waals surface area contributed by atoms with Crippen molar-refractivity contribution in [3.05, 3.63) is 39.9 Å². The molecule has 1 aromatic carbocycles. The third-order valence-corrected chi connectivity index (χ3v) is 4.65. The van der Waals surface area contributed by atoms with E-state index in [1.54, 1.807) is 12.1 Å². The first-order chi connectivity index (χ1) is 11.0. The van der Waals surface area contributed by atoms with Gasteiger partial charge in [0.15, 0.2) is 0 Å². The molecule has 1 aliphatic rings. The number of nitro benzene ring substituents is 1. The van der Waals surface area contributed by atoms with Crippen LogP contribution in [0.25, 0.3) is 0 Å². The lowest BCUT2D eigenvalue weighted by molar-refractivity contribution is -0.384. The standard InChI is InChI=1S/C17H25N3O3.ClH/c1-12(14-6-8-18-9-7-14)10-17(21)19-13(2)15-4-3-5-16(11-15)20(22)23;/h3-5,11-14,18H,6-10H2,1-2H3,(H,19,21);1H. The molecule has 2 unspecified atom stereocenters. The number of amides is 1. The number of nitrogens with one attached hydrogen (secondary N) is 2. The molecule has 0 bridgehead atoms. The number of carbonyl (C=O) groups is 1. The van der Waals surface area contributed by atoms with Crippen molar-refractivity contribution < 1.29 is 9.72 Å². The summed E-state index contributed by atoms with van der Waals surface area (Å²) in [5.41, 5.74) is 0.800. The maximum absolute atomic E-state index is 12.2. The van der Waals surface area contributed by atoms with Gasteiger partial charge in [0, 0.05) is 18.6 Å². The van der Waals surface area contributed by atoms with E-state index in [1.807, 2.05) is 6.92 Å². The van der Waals surface area contributed by atoms with Crippen LogP contribution >= 0.6 is 12.4 Å². The average molecular weight is 356 g/mol. The molecule has 0 radical (unpaired) electrons. The van der Waals surface area contributed by atoms with Gasteiger partial charge in [-0.05, 0) is 50.3 Å². The van der Waals surface area contributed by atoms with Crippen molar-refractivity contribution in [2.45, 2.75) is 39.2 Å². The topological polar surface area (TPSA) is 84.3 Å². The Morgan fingerprint density at radius 2 is 2.04 bits per heavy atom. The Kier molecular flexibility index (Phi) is 8.15. The van der Waals surface area contributed by atoms with Crippen LogP contribution in [0.5, 0.6) is 0 Å². The van der Waals surface area contributed by atoms with Gasteiger partial charge in [0.05, 0.1) is 11.0 Å². The van der Waals surface area contributed by atoms with Crippen LogP contribution in [-0.4, -0.2) is 23.9 Å². The summed E-state index contributed by atoms with van der Waals surface area (Å²) < 4.78 is 0. The molecule has 1 aromatic rings. The molecular formula is C17H26ClN3O3. The largest absolute Gasteiger partial charge is 0.350 e. The molecule has 7 heteroatoms. The average Bonchev–Trinajstić information content (AvgIpc) is 2.55. The zero-order chi connectivity index (χ0) is 16.8. The van der Waals surface area contributed by atoms with E-state index in [9.17, 15) is 14.9 Å². The molecule has 6 nitrogen and oxygen atoms in total. The smallest absolute Gasteiger partial charge is 0.269 e. The minimum Gasteiger partial charge on any atom is -0.350 e. The second-order valence-corrected chi connectivity index (χ2v) is 6.41. The molecule has 1 heterocycles. The molecular weight excluding hydrogens is 330 g/mol. The first-order valence-electron chi connectivity index (χ1n) is 8.22. The maximum atomic E-state index is 12.2. The van der Waals surface area contributed by atoms with Crippen molar-refractivity contribution in [3.63, 3.8) is 0 Å². The predicted octanol–water partition coefficient (Wildman–Crippen LogP) is 3.22. The molecule has 1 amide bonds. The molecule has 1 fully saturated rings. The summed E-state index contributed by atoms with van der Waals surface area (Å²) in [5, 5.41) is 17.1. The Morgan fingerprint density at radius 1 is 1.38 bits per heavy atom. The van der Waals surface area contributed by atoms with Gasteiger partial charge in [-0.3, -0.25) is 14.9 Å². The Hall–Kier alpha value is -1.66. The van der Waals surface area contributed by atoms with E-state index in [2.05, 4.69) is 17.6 Å². The maximum Gasteiger partial charge on any atom is 0.269 e. The highest BCUT2D eigenvalue weighted by Gasteiger charge is 2.22. The lowest BCUT2D eigenvalue weighted by Crippen LogP contribution is -2.34. The SMILES string of the molecule is CC(NC(=O)CC(C)C1CCNCC1)c1cccc([N+](=O)[O-])c1.Cl. The molecule has 0 spiro atoms. The van der Waals surface area contributed by atoms with Crippen LogP contribution in [0.2, 0.25) is 0 Å². The fourth-order valence-corrected chi connectivity index (χ4v) is 3.16. The normalized spacial score (nSPS) is 17.4. The first kappa shape index (κ1) is 20.4. The monoisotopic (exact) mass is 355 g/mol. The number of rotatable bonds is 6. The van der Waals surface area contributed by atoms with Crippen LogP contribution in [-0.2, 0) is 4.79 Å². The number of piperidine rings is 1. The number of hydrogen-bond acceptors (Lipinski definition) is 4. The number of non-ortho nitro benzene ring substituents is 1. The van der Waals surface area contributed by atoms with Crippen molar-refractivity contribution in [3.8, 4) is 0 Å². The van der Waals surface area contributed by atoms with Crippen LogP contribution in [0.15, 0.2) is 24.3 Å². The third-order valence-electron chi connectivity index (χ3n) is 4.65. The Bertz CT molecular complexity index is 562. The Labute approximate surface area is 149 Å². The van der Waals surface area contributed by atoms with Gasteiger partial charge in [-0.1, -0.05) is 19.1 Å². The fourth-order valence-electron chi connectivity index (χ4n) is 3.16. The number of halogens is 1. The summed E-state index contributed by atoms with van der Waals surface area (Å²) in [6.45, 7) is 6.04. The van der Waals surface area contributed by atoms with E-state index in [0.717, 1.165) is 31.5 Å². The summed E-state index contributed by atoms with van der Waals surface area (Å²) in [6.07, 6.45) is 2.74. The van der Waals surface area contributed by atoms with Gasteiger partial charge in [-0.15, -0.1) is 12.4 Å². The Morgan fingerprint density at radius 3 is 2.67 bits per heavy atom. The second-order valence-electron chi connectivity index (χ2n) is 6.41. The lowest BCUT2D eigenvalue weighted by atomic mass is 9.84. The summed E-state index contributed by atoms with van der Waals surface area (Å²) in [5.74, 6) is 0.958. The lowest BCUT2D eigenvalue weighted by Gasteiger charge is -2.28. The van der Waals surface area contributed by atoms with Gasteiger partial charge in [-0.25, -0.2) is 0 Å². The van der Waals surface area contributed by atoms with E-state index in [-0.39, 0.29) is 30.0 Å². The summed E-state index contributed by atoms with van der Waals surface area (Å²) in [6, 6.07) is 6.18. The van der Waals surface area contributed by atoms with E-state index < -0.39 is 4.92 Å². The van der Waals surface area contributed by atoms with Crippen molar-refractivity contribution in [1.29, 1.82) is 0 Å². The van der Waals surface area contributed by atoms with Crippen LogP contribution in [0.4, 0.5) is 5.69 Å². The molecule has 2 atom stereocenters. The molecule has 0 aromatic heterocycles. The molecule has 134 valence electrons. The second kappa shape index (κ2) is 9.59. The molecule has 2 rings (SSSR count). The van der Waals surface area contributed by atoms with Crippen LogP contribution in [0, 0.1) is 22.0 Å². The zero-order valence-electron chi connectivity index (χ0n) is 14.2. The highest BCUT2D eigenvalue weighted by Crippen LogP contribution is 2.25. The molecule has 1 aliphatic heterocycles. The number of nitro groups is 1.